The standard InChI is InChI=1S/C38H41F2N7O4/c1-23-13-14-26(34(48)41-20-24-9-6-5-7-10-24)19-27(23)31-28-21-42-36(49)47(32-29(39)11-8-12-30(32)40)33(28)44-35(43-31)45-17-15-25(16-18-45)22-46(37(50)51)38(2,3)4/h5-14,19,25H,15-18,20-22H2,1-4H3,(H,41,48)(H,42,49)(H,50,51). The molecule has 3 heterocycles. The zero-order valence-corrected chi connectivity index (χ0v) is 29.0. The minimum atomic E-state index is -0.974. The first-order valence-electron chi connectivity index (χ1n) is 16.9. The van der Waals surface area contributed by atoms with Gasteiger partial charge in [-0.1, -0.05) is 42.5 Å². The summed E-state index contributed by atoms with van der Waals surface area (Å²) in [5.41, 5.74) is 2.45. The van der Waals surface area contributed by atoms with Gasteiger partial charge in [-0.05, 0) is 81.8 Å². The number of para-hydroxylation sites is 1. The summed E-state index contributed by atoms with van der Waals surface area (Å²) in [6.45, 7) is 9.14. The van der Waals surface area contributed by atoms with Gasteiger partial charge in [0.2, 0.25) is 5.95 Å². The number of fused-ring (bicyclic) bond motifs is 1. The van der Waals surface area contributed by atoms with Crippen molar-refractivity contribution in [2.45, 2.75) is 59.2 Å². The third-order valence-electron chi connectivity index (χ3n) is 9.40. The Morgan fingerprint density at radius 2 is 1.69 bits per heavy atom. The van der Waals surface area contributed by atoms with Crippen molar-refractivity contribution in [3.63, 3.8) is 0 Å². The predicted octanol–water partition coefficient (Wildman–Crippen LogP) is 7.02. The Kier molecular flexibility index (Phi) is 9.91. The monoisotopic (exact) mass is 697 g/mol. The number of carbonyl (C=O) groups is 3. The molecule has 3 N–H and O–H groups in total. The number of halogens is 2. The molecule has 3 aromatic carbocycles. The second-order valence-corrected chi connectivity index (χ2v) is 13.9. The number of benzene rings is 3. The van der Waals surface area contributed by atoms with Gasteiger partial charge in [-0.2, -0.15) is 4.98 Å². The maximum Gasteiger partial charge on any atom is 0.407 e. The van der Waals surface area contributed by atoms with Crippen molar-refractivity contribution in [2.24, 2.45) is 5.92 Å². The lowest BCUT2D eigenvalue weighted by Crippen LogP contribution is -2.49. The number of anilines is 3. The van der Waals surface area contributed by atoms with E-state index in [9.17, 15) is 19.5 Å². The van der Waals surface area contributed by atoms with Crippen LogP contribution in [0.25, 0.3) is 11.3 Å². The van der Waals surface area contributed by atoms with E-state index in [1.165, 1.54) is 11.0 Å². The van der Waals surface area contributed by atoms with Gasteiger partial charge in [0.05, 0.1) is 12.2 Å². The highest BCUT2D eigenvalue weighted by atomic mass is 19.1. The van der Waals surface area contributed by atoms with E-state index in [1.807, 2.05) is 69.0 Å². The average molecular weight is 698 g/mol. The third-order valence-corrected chi connectivity index (χ3v) is 9.40. The number of hydrogen-bond donors (Lipinski definition) is 3. The van der Waals surface area contributed by atoms with Crippen molar-refractivity contribution in [3.05, 3.63) is 101 Å². The molecule has 13 heteroatoms. The molecule has 1 aromatic heterocycles. The number of urea groups is 1. The van der Waals surface area contributed by atoms with Gasteiger partial charge in [-0.15, -0.1) is 0 Å². The molecule has 4 aromatic rings. The summed E-state index contributed by atoms with van der Waals surface area (Å²) in [6.07, 6.45) is 0.327. The summed E-state index contributed by atoms with van der Waals surface area (Å²) in [6, 6.07) is 17.4. The van der Waals surface area contributed by atoms with Crippen LogP contribution in [0.1, 0.15) is 60.7 Å². The molecule has 0 radical (unpaired) electrons. The molecule has 0 bridgehead atoms. The van der Waals surface area contributed by atoms with Crippen molar-refractivity contribution >= 4 is 35.5 Å². The fourth-order valence-corrected chi connectivity index (χ4v) is 6.53. The van der Waals surface area contributed by atoms with Crippen LogP contribution in [0, 0.1) is 24.5 Å². The number of nitrogens with zero attached hydrogens (tertiary/aromatic N) is 5. The maximum absolute atomic E-state index is 15.3. The Morgan fingerprint density at radius 3 is 2.33 bits per heavy atom. The molecule has 4 amide bonds. The number of aryl methyl sites for hydroxylation is 1. The van der Waals surface area contributed by atoms with E-state index in [1.54, 1.807) is 12.1 Å². The highest BCUT2D eigenvalue weighted by Gasteiger charge is 2.36. The van der Waals surface area contributed by atoms with Crippen molar-refractivity contribution in [2.75, 3.05) is 29.4 Å². The number of aromatic nitrogens is 2. The van der Waals surface area contributed by atoms with Gasteiger partial charge in [0.25, 0.3) is 5.91 Å². The SMILES string of the molecule is Cc1ccc(C(=O)NCc2ccccc2)cc1-c1nc(N2CCC(CN(C(=O)O)C(C)(C)C)CC2)nc2c1CNC(=O)N2c1c(F)cccc1F. The number of piperidine rings is 1. The Bertz CT molecular complexity index is 1940. The lowest BCUT2D eigenvalue weighted by molar-refractivity contribution is 0.0850. The minimum absolute atomic E-state index is 0.0138. The number of nitrogens with one attached hydrogen (secondary N) is 2. The van der Waals surface area contributed by atoms with Crippen LogP contribution < -0.4 is 20.4 Å². The van der Waals surface area contributed by atoms with Crippen molar-refractivity contribution in [1.82, 2.24) is 25.5 Å². The Morgan fingerprint density at radius 1 is 1.00 bits per heavy atom. The number of rotatable bonds is 8. The lowest BCUT2D eigenvalue weighted by atomic mass is 9.94. The first-order chi connectivity index (χ1) is 24.3. The van der Waals surface area contributed by atoms with Crippen LogP contribution in [0.15, 0.2) is 66.7 Å². The molecule has 1 saturated heterocycles. The van der Waals surface area contributed by atoms with Gasteiger partial charge >= 0.3 is 12.1 Å². The number of carbonyl (C=O) groups excluding carboxylic acids is 2. The van der Waals surface area contributed by atoms with Gasteiger partial charge in [-0.3, -0.25) is 4.79 Å². The van der Waals surface area contributed by atoms with Crippen LogP contribution in [0.5, 0.6) is 0 Å². The van der Waals surface area contributed by atoms with Crippen molar-refractivity contribution < 1.29 is 28.3 Å². The molecule has 266 valence electrons. The van der Waals surface area contributed by atoms with Crippen LogP contribution in [0.4, 0.5) is 35.8 Å². The Hall–Kier alpha value is -5.59. The fourth-order valence-electron chi connectivity index (χ4n) is 6.53. The Labute approximate surface area is 295 Å². The second-order valence-electron chi connectivity index (χ2n) is 13.9. The normalized spacial score (nSPS) is 14.9. The van der Waals surface area contributed by atoms with Crippen molar-refractivity contribution in [3.8, 4) is 11.3 Å². The van der Waals surface area contributed by atoms with Crippen molar-refractivity contribution in [1.29, 1.82) is 0 Å². The first-order valence-corrected chi connectivity index (χ1v) is 16.9. The summed E-state index contributed by atoms with van der Waals surface area (Å²) in [4.78, 5) is 52.8. The molecular formula is C38H41F2N7O4. The smallest absolute Gasteiger partial charge is 0.407 e. The quantitative estimate of drug-likeness (QED) is 0.181. The molecule has 0 aliphatic carbocycles. The second kappa shape index (κ2) is 14.3. The summed E-state index contributed by atoms with van der Waals surface area (Å²) in [5, 5.41) is 15.5. The van der Waals surface area contributed by atoms with Gasteiger partial charge < -0.3 is 25.5 Å². The van der Waals surface area contributed by atoms with Gasteiger partial charge in [0.15, 0.2) is 5.82 Å². The summed E-state index contributed by atoms with van der Waals surface area (Å²) >= 11 is 0. The molecule has 2 aliphatic rings. The molecule has 1 fully saturated rings. The molecule has 2 aliphatic heterocycles. The van der Waals surface area contributed by atoms with E-state index in [2.05, 4.69) is 10.6 Å². The number of amides is 4. The highest BCUT2D eigenvalue weighted by Crippen LogP contribution is 2.40. The van der Waals surface area contributed by atoms with Gasteiger partial charge in [0, 0.05) is 48.4 Å². The first kappa shape index (κ1) is 35.2. The van der Waals surface area contributed by atoms with E-state index in [-0.39, 0.29) is 30.1 Å². The molecule has 0 unspecified atom stereocenters. The predicted molar refractivity (Wildman–Crippen MR) is 190 cm³/mol. The molecule has 0 atom stereocenters. The molecule has 0 saturated carbocycles. The number of carboxylic acid groups (broad SMARTS) is 1. The molecule has 51 heavy (non-hydrogen) atoms. The fraction of sp³-hybridized carbons (Fsp3) is 0.342. The van der Waals surface area contributed by atoms with Crippen LogP contribution in [-0.4, -0.2) is 63.2 Å². The largest absolute Gasteiger partial charge is 0.465 e. The van der Waals surface area contributed by atoms with Gasteiger partial charge in [-0.25, -0.2) is 28.3 Å². The Balaban J connectivity index is 1.39. The molecule has 11 nitrogen and oxygen atoms in total. The maximum atomic E-state index is 15.3. The zero-order chi connectivity index (χ0) is 36.4. The summed E-state index contributed by atoms with van der Waals surface area (Å²) in [5.74, 6) is -1.78. The van der Waals surface area contributed by atoms with Crippen LogP contribution in [0.2, 0.25) is 0 Å². The molecule has 6 rings (SSSR count). The summed E-state index contributed by atoms with van der Waals surface area (Å²) < 4.78 is 30.5. The lowest BCUT2D eigenvalue weighted by Gasteiger charge is -2.39. The van der Waals surface area contributed by atoms with E-state index in [0.29, 0.717) is 61.4 Å². The minimum Gasteiger partial charge on any atom is -0.465 e. The topological polar surface area (TPSA) is 131 Å². The molecular weight excluding hydrogens is 656 g/mol. The number of hydrogen-bond acceptors (Lipinski definition) is 6. The third kappa shape index (κ3) is 7.47. The highest BCUT2D eigenvalue weighted by molar-refractivity contribution is 6.02. The van der Waals surface area contributed by atoms with Crippen LogP contribution in [-0.2, 0) is 13.1 Å². The average Bonchev–Trinajstić information content (AvgIpc) is 3.10. The van der Waals surface area contributed by atoms with Crippen LogP contribution in [0.3, 0.4) is 0 Å². The molecule has 0 spiro atoms. The summed E-state index contributed by atoms with van der Waals surface area (Å²) in [7, 11) is 0. The van der Waals surface area contributed by atoms with Gasteiger partial charge in [0.1, 0.15) is 17.3 Å². The van der Waals surface area contributed by atoms with E-state index >= 15 is 8.78 Å². The van der Waals surface area contributed by atoms with E-state index < -0.39 is 35.0 Å². The van der Waals surface area contributed by atoms with Crippen LogP contribution >= 0.6 is 0 Å². The zero-order valence-electron chi connectivity index (χ0n) is 29.0. The van der Waals surface area contributed by atoms with E-state index in [4.69, 9.17) is 9.97 Å². The van der Waals surface area contributed by atoms with E-state index in [0.717, 1.165) is 28.2 Å².